The molecular weight excluding hydrogens is 320 g/mol. The van der Waals surface area contributed by atoms with Gasteiger partial charge in [-0.25, -0.2) is 0 Å². The predicted octanol–water partition coefficient (Wildman–Crippen LogP) is 2.57. The summed E-state index contributed by atoms with van der Waals surface area (Å²) < 4.78 is 12.2. The average molecular weight is 349 g/mol. The Morgan fingerprint density at radius 2 is 1.88 bits per heavy atom. The highest BCUT2D eigenvalue weighted by atomic mass is 32.2. The molecule has 132 valence electrons. The van der Waals surface area contributed by atoms with Crippen LogP contribution >= 0.6 is 0 Å². The largest absolute Gasteiger partial charge is 0.355 e. The maximum Gasteiger partial charge on any atom is 0.224 e. The van der Waals surface area contributed by atoms with Crippen molar-refractivity contribution in [3.8, 4) is 0 Å². The maximum absolute atomic E-state index is 12.4. The molecule has 4 nitrogen and oxygen atoms in total. The summed E-state index contributed by atoms with van der Waals surface area (Å²) >= 11 is 0. The van der Waals surface area contributed by atoms with Gasteiger partial charge in [0.25, 0.3) is 0 Å². The van der Waals surface area contributed by atoms with Crippen molar-refractivity contribution in [1.82, 2.24) is 10.2 Å². The van der Waals surface area contributed by atoms with E-state index in [0.717, 1.165) is 24.4 Å². The van der Waals surface area contributed by atoms with Gasteiger partial charge in [0, 0.05) is 29.8 Å². The van der Waals surface area contributed by atoms with Crippen LogP contribution in [0.15, 0.2) is 35.2 Å². The Bertz CT molecular complexity index is 558. The van der Waals surface area contributed by atoms with E-state index >= 15 is 0 Å². The molecular formula is C19H28N2O2S. The fraction of sp³-hybridized carbons (Fsp3) is 0.632. The van der Waals surface area contributed by atoms with Crippen molar-refractivity contribution in [3.05, 3.63) is 30.3 Å². The second kappa shape index (κ2) is 8.77. The quantitative estimate of drug-likeness (QED) is 0.859. The van der Waals surface area contributed by atoms with Gasteiger partial charge in [0.1, 0.15) is 0 Å². The van der Waals surface area contributed by atoms with Crippen molar-refractivity contribution in [2.75, 3.05) is 25.4 Å². The Hall–Kier alpha value is -1.20. The molecule has 1 aromatic carbocycles. The van der Waals surface area contributed by atoms with Crippen LogP contribution in [-0.2, 0) is 15.6 Å². The highest BCUT2D eigenvalue weighted by molar-refractivity contribution is 7.85. The number of benzene rings is 1. The summed E-state index contributed by atoms with van der Waals surface area (Å²) in [6.07, 6.45) is 7.60. The Balaban J connectivity index is 1.39. The lowest BCUT2D eigenvalue weighted by Gasteiger charge is -2.30. The van der Waals surface area contributed by atoms with Crippen molar-refractivity contribution in [1.29, 1.82) is 0 Å². The number of carbonyl (C=O) groups excluding carboxylic acids is 1. The topological polar surface area (TPSA) is 49.4 Å². The van der Waals surface area contributed by atoms with Crippen molar-refractivity contribution < 1.29 is 9.00 Å². The second-order valence-corrected chi connectivity index (χ2v) is 8.50. The van der Waals surface area contributed by atoms with Crippen LogP contribution in [0.1, 0.15) is 38.5 Å². The number of hydrogen-bond acceptors (Lipinski definition) is 3. The molecule has 0 aromatic heterocycles. The third kappa shape index (κ3) is 4.67. The number of carbonyl (C=O) groups is 1. The van der Waals surface area contributed by atoms with E-state index in [1.54, 1.807) is 0 Å². The van der Waals surface area contributed by atoms with Crippen molar-refractivity contribution in [2.24, 2.45) is 5.92 Å². The van der Waals surface area contributed by atoms with Crippen LogP contribution in [0.3, 0.4) is 0 Å². The maximum atomic E-state index is 12.4. The second-order valence-electron chi connectivity index (χ2n) is 6.93. The van der Waals surface area contributed by atoms with E-state index in [-0.39, 0.29) is 11.8 Å². The molecule has 0 bridgehead atoms. The minimum atomic E-state index is -1.04. The SMILES string of the molecule is O=C(NCCS(=O)c1ccccc1)C1CCN(C2CCCCC2)C1. The molecule has 1 saturated carbocycles. The van der Waals surface area contributed by atoms with Crippen molar-refractivity contribution in [3.63, 3.8) is 0 Å². The van der Waals surface area contributed by atoms with Gasteiger partial charge in [-0.15, -0.1) is 0 Å². The third-order valence-electron chi connectivity index (χ3n) is 5.27. The van der Waals surface area contributed by atoms with Crippen LogP contribution in [-0.4, -0.2) is 46.4 Å². The Morgan fingerprint density at radius 1 is 1.12 bits per heavy atom. The first kappa shape index (κ1) is 17.6. The summed E-state index contributed by atoms with van der Waals surface area (Å²) in [7, 11) is -1.04. The lowest BCUT2D eigenvalue weighted by molar-refractivity contribution is -0.124. The van der Waals surface area contributed by atoms with Gasteiger partial charge in [-0.2, -0.15) is 0 Å². The highest BCUT2D eigenvalue weighted by Crippen LogP contribution is 2.27. The zero-order valence-corrected chi connectivity index (χ0v) is 15.1. The summed E-state index contributed by atoms with van der Waals surface area (Å²) in [4.78, 5) is 15.7. The fourth-order valence-corrected chi connectivity index (χ4v) is 4.86. The Kier molecular flexibility index (Phi) is 6.44. The average Bonchev–Trinajstić information content (AvgIpc) is 3.13. The fourth-order valence-electron chi connectivity index (χ4n) is 3.88. The molecule has 1 N–H and O–H groups in total. The van der Waals surface area contributed by atoms with Gasteiger partial charge in [0.05, 0.1) is 16.7 Å². The summed E-state index contributed by atoms with van der Waals surface area (Å²) in [5, 5.41) is 2.99. The molecule has 24 heavy (non-hydrogen) atoms. The Labute approximate surface area is 147 Å². The molecule has 1 aliphatic carbocycles. The van der Waals surface area contributed by atoms with Gasteiger partial charge in [0.2, 0.25) is 5.91 Å². The summed E-state index contributed by atoms with van der Waals surface area (Å²) in [5.74, 6) is 0.727. The number of nitrogens with zero attached hydrogens (tertiary/aromatic N) is 1. The molecule has 1 aliphatic heterocycles. The van der Waals surface area contributed by atoms with E-state index in [1.807, 2.05) is 30.3 Å². The zero-order valence-electron chi connectivity index (χ0n) is 14.3. The van der Waals surface area contributed by atoms with E-state index in [9.17, 15) is 9.00 Å². The molecule has 1 aromatic rings. The van der Waals surface area contributed by atoms with Gasteiger partial charge >= 0.3 is 0 Å². The predicted molar refractivity (Wildman–Crippen MR) is 97.3 cm³/mol. The van der Waals surface area contributed by atoms with Gasteiger partial charge in [0.15, 0.2) is 0 Å². The first-order chi connectivity index (χ1) is 11.7. The zero-order chi connectivity index (χ0) is 16.8. The van der Waals surface area contributed by atoms with Gasteiger partial charge in [-0.05, 0) is 37.9 Å². The van der Waals surface area contributed by atoms with Gasteiger partial charge in [-0.1, -0.05) is 37.5 Å². The number of rotatable bonds is 6. The first-order valence-electron chi connectivity index (χ1n) is 9.19. The monoisotopic (exact) mass is 348 g/mol. The van der Waals surface area contributed by atoms with Crippen molar-refractivity contribution >= 4 is 16.7 Å². The molecule has 0 spiro atoms. The molecule has 2 aliphatic rings. The minimum absolute atomic E-state index is 0.108. The molecule has 2 fully saturated rings. The van der Waals surface area contributed by atoms with Crippen LogP contribution < -0.4 is 5.32 Å². The third-order valence-corrected chi connectivity index (χ3v) is 6.65. The van der Waals surface area contributed by atoms with Crippen molar-refractivity contribution in [2.45, 2.75) is 49.5 Å². The first-order valence-corrected chi connectivity index (χ1v) is 10.5. The smallest absolute Gasteiger partial charge is 0.224 e. The number of amides is 1. The molecule has 2 unspecified atom stereocenters. The van der Waals surface area contributed by atoms with E-state index in [1.165, 1.54) is 32.1 Å². The Morgan fingerprint density at radius 3 is 2.62 bits per heavy atom. The number of hydrogen-bond donors (Lipinski definition) is 1. The highest BCUT2D eigenvalue weighted by Gasteiger charge is 2.32. The lowest BCUT2D eigenvalue weighted by Crippen LogP contribution is -2.38. The summed E-state index contributed by atoms with van der Waals surface area (Å²) in [6.45, 7) is 2.44. The van der Waals surface area contributed by atoms with Crippen LogP contribution in [0.4, 0.5) is 0 Å². The van der Waals surface area contributed by atoms with Crippen LogP contribution in [0, 0.1) is 5.92 Å². The normalized spacial score (nSPS) is 23.9. The summed E-state index contributed by atoms with van der Waals surface area (Å²) in [5.41, 5.74) is 0. The lowest BCUT2D eigenvalue weighted by atomic mass is 9.94. The summed E-state index contributed by atoms with van der Waals surface area (Å²) in [6, 6.07) is 10.1. The molecule has 1 saturated heterocycles. The van der Waals surface area contributed by atoms with E-state index < -0.39 is 10.8 Å². The van der Waals surface area contributed by atoms with E-state index in [2.05, 4.69) is 10.2 Å². The molecule has 3 rings (SSSR count). The minimum Gasteiger partial charge on any atom is -0.355 e. The standard InChI is InChI=1S/C19H28N2O2S/c22-19(20-12-14-24(23)18-9-5-2-6-10-18)16-11-13-21(15-16)17-7-3-1-4-8-17/h2,5-6,9-10,16-17H,1,3-4,7-8,11-15H2,(H,20,22). The van der Waals surface area contributed by atoms with E-state index in [0.29, 0.717) is 18.3 Å². The van der Waals surface area contributed by atoms with E-state index in [4.69, 9.17) is 0 Å². The number of likely N-dealkylation sites (tertiary alicyclic amines) is 1. The molecule has 1 amide bonds. The van der Waals surface area contributed by atoms with Gasteiger partial charge in [-0.3, -0.25) is 13.9 Å². The van der Waals surface area contributed by atoms with Crippen LogP contribution in [0.25, 0.3) is 0 Å². The van der Waals surface area contributed by atoms with Crippen LogP contribution in [0.2, 0.25) is 0 Å². The molecule has 2 atom stereocenters. The van der Waals surface area contributed by atoms with Gasteiger partial charge < -0.3 is 5.32 Å². The molecule has 5 heteroatoms. The number of nitrogens with one attached hydrogen (secondary N) is 1. The van der Waals surface area contributed by atoms with Crippen LogP contribution in [0.5, 0.6) is 0 Å². The molecule has 1 heterocycles. The molecule has 0 radical (unpaired) electrons.